The van der Waals surface area contributed by atoms with Crippen LogP contribution in [0.25, 0.3) is 0 Å². The predicted octanol–water partition coefficient (Wildman–Crippen LogP) is 2.96. The third-order valence-electron chi connectivity index (χ3n) is 2.43. The molecule has 2 nitrogen and oxygen atoms in total. The smallest absolute Gasteiger partial charge is 0.303 e. The van der Waals surface area contributed by atoms with Crippen LogP contribution in [0.4, 0.5) is 0 Å². The lowest BCUT2D eigenvalue weighted by atomic mass is 9.92. The zero-order valence-electron chi connectivity index (χ0n) is 8.66. The Kier molecular flexibility index (Phi) is 3.69. The summed E-state index contributed by atoms with van der Waals surface area (Å²) in [4.78, 5) is 10.6. The van der Waals surface area contributed by atoms with Gasteiger partial charge in [0.1, 0.15) is 0 Å². The Balaban J connectivity index is 2.83. The molecule has 0 aliphatic heterocycles. The van der Waals surface area contributed by atoms with Gasteiger partial charge in [0.25, 0.3) is 0 Å². The zero-order valence-corrected chi connectivity index (χ0v) is 8.66. The van der Waals surface area contributed by atoms with Gasteiger partial charge < -0.3 is 5.11 Å². The summed E-state index contributed by atoms with van der Waals surface area (Å²) in [6, 6.07) is 8.08. The highest BCUT2D eigenvalue weighted by Crippen LogP contribution is 2.23. The molecule has 0 aromatic heterocycles. The monoisotopic (exact) mass is 192 g/mol. The second kappa shape index (κ2) is 4.80. The van der Waals surface area contributed by atoms with Gasteiger partial charge in [-0.15, -0.1) is 0 Å². The summed E-state index contributed by atoms with van der Waals surface area (Å²) in [5, 5.41) is 8.75. The number of rotatable bonds is 4. The van der Waals surface area contributed by atoms with Crippen LogP contribution in [0.5, 0.6) is 0 Å². The minimum atomic E-state index is -0.724. The van der Waals surface area contributed by atoms with Crippen LogP contribution in [0.3, 0.4) is 0 Å². The van der Waals surface area contributed by atoms with Crippen molar-refractivity contribution in [3.63, 3.8) is 0 Å². The summed E-state index contributed by atoms with van der Waals surface area (Å²) in [5.41, 5.74) is 2.32. The Hall–Kier alpha value is -1.31. The lowest BCUT2D eigenvalue weighted by Gasteiger charge is -2.13. The quantitative estimate of drug-likeness (QED) is 0.796. The van der Waals surface area contributed by atoms with Gasteiger partial charge >= 0.3 is 5.97 Å². The maximum atomic E-state index is 10.6. The van der Waals surface area contributed by atoms with Gasteiger partial charge in [-0.25, -0.2) is 0 Å². The lowest BCUT2D eigenvalue weighted by molar-refractivity contribution is -0.137. The van der Waals surface area contributed by atoms with Crippen molar-refractivity contribution in [3.8, 4) is 0 Å². The Bertz CT molecular complexity index is 318. The minimum Gasteiger partial charge on any atom is -0.481 e. The lowest BCUT2D eigenvalue weighted by Crippen LogP contribution is -2.05. The molecule has 1 rings (SSSR count). The second-order valence-corrected chi connectivity index (χ2v) is 3.62. The molecule has 1 N–H and O–H groups in total. The topological polar surface area (TPSA) is 37.3 Å². The third-order valence-corrected chi connectivity index (χ3v) is 2.43. The first-order chi connectivity index (χ1) is 6.63. The molecule has 1 aromatic carbocycles. The van der Waals surface area contributed by atoms with E-state index in [-0.39, 0.29) is 12.3 Å². The predicted molar refractivity (Wildman–Crippen MR) is 56.5 cm³/mol. The maximum Gasteiger partial charge on any atom is 0.303 e. The van der Waals surface area contributed by atoms with E-state index in [1.807, 2.05) is 32.0 Å². The molecule has 2 heteroatoms. The van der Waals surface area contributed by atoms with Crippen molar-refractivity contribution in [2.45, 2.75) is 32.6 Å². The molecule has 0 unspecified atom stereocenters. The standard InChI is InChI=1S/C12H16O2/c1-3-10(8-12(13)14)11-6-4-5-9(2)7-11/h4-7,10H,3,8H2,1-2H3,(H,13,14)/t10-/m0/s1. The number of carbonyl (C=O) groups is 1. The average Bonchev–Trinajstić information content (AvgIpc) is 2.14. The molecule has 14 heavy (non-hydrogen) atoms. The van der Waals surface area contributed by atoms with E-state index in [0.29, 0.717) is 0 Å². The molecule has 0 fully saturated rings. The number of hydrogen-bond donors (Lipinski definition) is 1. The molecule has 1 atom stereocenters. The summed E-state index contributed by atoms with van der Waals surface area (Å²) in [6.07, 6.45) is 1.09. The van der Waals surface area contributed by atoms with Gasteiger partial charge in [0.2, 0.25) is 0 Å². The van der Waals surface area contributed by atoms with Crippen molar-refractivity contribution in [2.24, 2.45) is 0 Å². The molecule has 76 valence electrons. The van der Waals surface area contributed by atoms with E-state index in [1.165, 1.54) is 5.56 Å². The Labute approximate surface area is 84.6 Å². The van der Waals surface area contributed by atoms with E-state index in [1.54, 1.807) is 0 Å². The first-order valence-electron chi connectivity index (χ1n) is 4.91. The first-order valence-corrected chi connectivity index (χ1v) is 4.91. The van der Waals surface area contributed by atoms with E-state index in [9.17, 15) is 4.79 Å². The molecule has 0 spiro atoms. The van der Waals surface area contributed by atoms with Crippen LogP contribution in [-0.4, -0.2) is 11.1 Å². The Morgan fingerprint density at radius 2 is 2.21 bits per heavy atom. The van der Waals surface area contributed by atoms with E-state index in [2.05, 4.69) is 6.07 Å². The molecule has 0 saturated heterocycles. The molecule has 0 aliphatic carbocycles. The van der Waals surface area contributed by atoms with Crippen LogP contribution in [0.1, 0.15) is 36.8 Å². The van der Waals surface area contributed by atoms with Gasteiger partial charge in [-0.05, 0) is 24.8 Å². The number of aliphatic carboxylic acids is 1. The van der Waals surface area contributed by atoms with Crippen LogP contribution in [0.2, 0.25) is 0 Å². The Morgan fingerprint density at radius 1 is 1.50 bits per heavy atom. The highest BCUT2D eigenvalue weighted by molar-refractivity contribution is 5.68. The summed E-state index contributed by atoms with van der Waals surface area (Å²) >= 11 is 0. The van der Waals surface area contributed by atoms with E-state index in [0.717, 1.165) is 12.0 Å². The highest BCUT2D eigenvalue weighted by Gasteiger charge is 2.12. The number of hydrogen-bond acceptors (Lipinski definition) is 1. The number of benzene rings is 1. The summed E-state index contributed by atoms with van der Waals surface area (Å²) in [6.45, 7) is 4.05. The zero-order chi connectivity index (χ0) is 10.6. The van der Waals surface area contributed by atoms with Gasteiger partial charge in [0.05, 0.1) is 6.42 Å². The van der Waals surface area contributed by atoms with E-state index in [4.69, 9.17) is 5.11 Å². The second-order valence-electron chi connectivity index (χ2n) is 3.62. The molecular formula is C12H16O2. The fraction of sp³-hybridized carbons (Fsp3) is 0.417. The number of carboxylic acid groups (broad SMARTS) is 1. The first kappa shape index (κ1) is 10.8. The molecule has 0 heterocycles. The SMILES string of the molecule is CC[C@@H](CC(=O)O)c1cccc(C)c1. The van der Waals surface area contributed by atoms with Crippen LogP contribution in [0.15, 0.2) is 24.3 Å². The number of aryl methyl sites for hydroxylation is 1. The van der Waals surface area contributed by atoms with Crippen molar-refractivity contribution in [1.29, 1.82) is 0 Å². The highest BCUT2D eigenvalue weighted by atomic mass is 16.4. The van der Waals surface area contributed by atoms with Crippen molar-refractivity contribution >= 4 is 5.97 Å². The van der Waals surface area contributed by atoms with Crippen LogP contribution in [-0.2, 0) is 4.79 Å². The molecule has 0 bridgehead atoms. The van der Waals surface area contributed by atoms with Crippen molar-refractivity contribution in [2.75, 3.05) is 0 Å². The van der Waals surface area contributed by atoms with E-state index < -0.39 is 5.97 Å². The van der Waals surface area contributed by atoms with Gasteiger partial charge in [-0.1, -0.05) is 36.8 Å². The summed E-state index contributed by atoms with van der Waals surface area (Å²) < 4.78 is 0. The largest absolute Gasteiger partial charge is 0.481 e. The van der Waals surface area contributed by atoms with Gasteiger partial charge in [0.15, 0.2) is 0 Å². The average molecular weight is 192 g/mol. The van der Waals surface area contributed by atoms with Gasteiger partial charge in [-0.3, -0.25) is 4.79 Å². The van der Waals surface area contributed by atoms with Gasteiger partial charge in [-0.2, -0.15) is 0 Å². The molecule has 0 saturated carbocycles. The van der Waals surface area contributed by atoms with E-state index >= 15 is 0 Å². The van der Waals surface area contributed by atoms with Crippen LogP contribution < -0.4 is 0 Å². The molecule has 0 amide bonds. The third kappa shape index (κ3) is 2.87. The Morgan fingerprint density at radius 3 is 2.71 bits per heavy atom. The fourth-order valence-electron chi connectivity index (χ4n) is 1.63. The van der Waals surface area contributed by atoms with Gasteiger partial charge in [0, 0.05) is 0 Å². The molecular weight excluding hydrogens is 176 g/mol. The van der Waals surface area contributed by atoms with Crippen LogP contribution >= 0.6 is 0 Å². The van der Waals surface area contributed by atoms with Crippen molar-refractivity contribution in [3.05, 3.63) is 35.4 Å². The minimum absolute atomic E-state index is 0.146. The normalized spacial score (nSPS) is 12.4. The molecule has 1 aromatic rings. The van der Waals surface area contributed by atoms with Crippen molar-refractivity contribution in [1.82, 2.24) is 0 Å². The van der Waals surface area contributed by atoms with Crippen LogP contribution in [0, 0.1) is 6.92 Å². The fourth-order valence-corrected chi connectivity index (χ4v) is 1.63. The molecule has 0 aliphatic rings. The number of carboxylic acids is 1. The molecule has 0 radical (unpaired) electrons. The van der Waals surface area contributed by atoms with Crippen molar-refractivity contribution < 1.29 is 9.90 Å². The summed E-state index contributed by atoms with van der Waals surface area (Å²) in [5.74, 6) is -0.578. The summed E-state index contributed by atoms with van der Waals surface area (Å²) in [7, 11) is 0. The maximum absolute atomic E-state index is 10.6.